The average molecular weight is 227 g/mol. The molecule has 0 spiro atoms. The molecule has 1 aliphatic rings. The molecule has 0 atom stereocenters. The van der Waals surface area contributed by atoms with E-state index in [9.17, 15) is 0 Å². The minimum absolute atomic E-state index is 0.622. The lowest BCUT2D eigenvalue weighted by Crippen LogP contribution is -2.21. The predicted molar refractivity (Wildman–Crippen MR) is 60.5 cm³/mol. The molecule has 1 aromatic heterocycles. The number of nitrogens with zero attached hydrogens (tertiary/aromatic N) is 2. The van der Waals surface area contributed by atoms with E-state index >= 15 is 0 Å². The van der Waals surface area contributed by atoms with Crippen molar-refractivity contribution in [3.8, 4) is 5.19 Å². The number of hydrogen-bond donors (Lipinski definition) is 1. The van der Waals surface area contributed by atoms with Gasteiger partial charge >= 0.3 is 0 Å². The molecule has 1 N–H and O–H groups in total. The zero-order valence-electron chi connectivity index (χ0n) is 9.03. The average Bonchev–Trinajstić information content (AvgIpc) is 2.99. The van der Waals surface area contributed by atoms with E-state index in [1.54, 1.807) is 0 Å². The molecule has 1 heterocycles. The Morgan fingerprint density at radius 2 is 2.33 bits per heavy atom. The number of rotatable bonds is 7. The smallest absolute Gasteiger partial charge is 0.293 e. The summed E-state index contributed by atoms with van der Waals surface area (Å²) in [7, 11) is 0. The summed E-state index contributed by atoms with van der Waals surface area (Å²) in [6.07, 6.45) is 3.65. The molecular weight excluding hydrogens is 210 g/mol. The van der Waals surface area contributed by atoms with Crippen LogP contribution < -0.4 is 10.1 Å². The summed E-state index contributed by atoms with van der Waals surface area (Å²) in [4.78, 5) is 4.35. The zero-order chi connectivity index (χ0) is 10.5. The molecule has 1 aromatic rings. The molecule has 1 aliphatic carbocycles. The fourth-order valence-corrected chi connectivity index (χ4v) is 1.93. The highest BCUT2D eigenvalue weighted by atomic mass is 32.1. The lowest BCUT2D eigenvalue weighted by Gasteiger charge is -2.02. The largest absolute Gasteiger partial charge is 0.468 e. The summed E-state index contributed by atoms with van der Waals surface area (Å²) in [6, 6.07) is 0. The molecule has 0 bridgehead atoms. The molecule has 5 heteroatoms. The first-order valence-electron chi connectivity index (χ1n) is 5.57. The molecule has 0 aliphatic heterocycles. The Kier molecular flexibility index (Phi) is 3.91. The quantitative estimate of drug-likeness (QED) is 0.721. The molecule has 1 fully saturated rings. The highest BCUT2D eigenvalue weighted by Crippen LogP contribution is 2.39. The fourth-order valence-electron chi connectivity index (χ4n) is 1.30. The Labute approximate surface area is 94.2 Å². The third-order valence-electron chi connectivity index (χ3n) is 2.30. The maximum Gasteiger partial charge on any atom is 0.293 e. The number of hydrogen-bond acceptors (Lipinski definition) is 5. The van der Waals surface area contributed by atoms with E-state index in [1.165, 1.54) is 24.4 Å². The van der Waals surface area contributed by atoms with Gasteiger partial charge in [0.05, 0.1) is 0 Å². The van der Waals surface area contributed by atoms with Crippen molar-refractivity contribution in [3.05, 3.63) is 5.82 Å². The molecule has 1 saturated carbocycles. The van der Waals surface area contributed by atoms with Crippen molar-refractivity contribution in [2.45, 2.75) is 32.1 Å². The van der Waals surface area contributed by atoms with Crippen LogP contribution >= 0.6 is 11.5 Å². The second-order valence-corrected chi connectivity index (χ2v) is 4.51. The maximum atomic E-state index is 5.49. The molecule has 2 rings (SSSR count). The van der Waals surface area contributed by atoms with E-state index in [0.29, 0.717) is 12.5 Å². The van der Waals surface area contributed by atoms with E-state index in [2.05, 4.69) is 21.6 Å². The Morgan fingerprint density at radius 1 is 1.47 bits per heavy atom. The van der Waals surface area contributed by atoms with E-state index in [4.69, 9.17) is 4.74 Å². The third-order valence-corrected chi connectivity index (χ3v) is 2.94. The zero-order valence-corrected chi connectivity index (χ0v) is 9.85. The third kappa shape index (κ3) is 3.43. The van der Waals surface area contributed by atoms with Crippen LogP contribution in [0, 0.1) is 0 Å². The number of aromatic nitrogens is 2. The normalized spacial score (nSPS) is 15.5. The maximum absolute atomic E-state index is 5.49. The Hall–Kier alpha value is -0.680. The van der Waals surface area contributed by atoms with Crippen LogP contribution in [0.15, 0.2) is 0 Å². The van der Waals surface area contributed by atoms with Crippen molar-refractivity contribution in [2.75, 3.05) is 19.7 Å². The van der Waals surface area contributed by atoms with E-state index in [-0.39, 0.29) is 0 Å². The second kappa shape index (κ2) is 5.42. The summed E-state index contributed by atoms with van der Waals surface area (Å²) < 4.78 is 9.77. The molecule has 0 unspecified atom stereocenters. The van der Waals surface area contributed by atoms with Gasteiger partial charge in [-0.2, -0.15) is 9.36 Å². The fraction of sp³-hybridized carbons (Fsp3) is 0.800. The molecule has 4 nitrogen and oxygen atoms in total. The molecular formula is C10H17N3OS. The van der Waals surface area contributed by atoms with Crippen molar-refractivity contribution >= 4 is 11.5 Å². The first-order valence-corrected chi connectivity index (χ1v) is 6.34. The monoisotopic (exact) mass is 227 g/mol. The lowest BCUT2D eigenvalue weighted by molar-refractivity contribution is 0.312. The van der Waals surface area contributed by atoms with E-state index < -0.39 is 0 Å². The Balaban J connectivity index is 1.64. The van der Waals surface area contributed by atoms with Gasteiger partial charge in [-0.3, -0.25) is 0 Å². The molecule has 84 valence electrons. The summed E-state index contributed by atoms with van der Waals surface area (Å²) in [6.45, 7) is 4.76. The van der Waals surface area contributed by atoms with Crippen LogP contribution in [0.3, 0.4) is 0 Å². The molecule has 0 amide bonds. The molecule has 15 heavy (non-hydrogen) atoms. The van der Waals surface area contributed by atoms with Crippen LogP contribution in [-0.2, 0) is 0 Å². The van der Waals surface area contributed by atoms with Crippen molar-refractivity contribution in [2.24, 2.45) is 0 Å². The highest BCUT2D eigenvalue weighted by molar-refractivity contribution is 7.07. The van der Waals surface area contributed by atoms with Crippen LogP contribution in [0.5, 0.6) is 5.19 Å². The first kappa shape index (κ1) is 10.8. The summed E-state index contributed by atoms with van der Waals surface area (Å²) in [5.74, 6) is 1.60. The van der Waals surface area contributed by atoms with Gasteiger partial charge in [0.1, 0.15) is 12.4 Å². The number of nitrogens with one attached hydrogen (secondary N) is 1. The first-order chi connectivity index (χ1) is 7.40. The van der Waals surface area contributed by atoms with Crippen LogP contribution in [0.1, 0.15) is 37.9 Å². The minimum Gasteiger partial charge on any atom is -0.468 e. The van der Waals surface area contributed by atoms with E-state index in [0.717, 1.165) is 30.5 Å². The van der Waals surface area contributed by atoms with Crippen molar-refractivity contribution in [3.63, 3.8) is 0 Å². The van der Waals surface area contributed by atoms with E-state index in [1.807, 2.05) is 0 Å². The van der Waals surface area contributed by atoms with Gasteiger partial charge in [-0.1, -0.05) is 6.92 Å². The predicted octanol–water partition coefficient (Wildman–Crippen LogP) is 1.79. The van der Waals surface area contributed by atoms with Crippen LogP contribution in [0.25, 0.3) is 0 Å². The van der Waals surface area contributed by atoms with Gasteiger partial charge in [-0.25, -0.2) is 0 Å². The topological polar surface area (TPSA) is 47.0 Å². The molecule has 0 aromatic carbocycles. The van der Waals surface area contributed by atoms with Crippen LogP contribution in [0.4, 0.5) is 0 Å². The van der Waals surface area contributed by atoms with Crippen molar-refractivity contribution in [1.82, 2.24) is 14.7 Å². The van der Waals surface area contributed by atoms with Gasteiger partial charge in [0, 0.05) is 24.0 Å². The van der Waals surface area contributed by atoms with Crippen LogP contribution in [-0.4, -0.2) is 29.1 Å². The lowest BCUT2D eigenvalue weighted by atomic mass is 10.4. The summed E-state index contributed by atoms with van der Waals surface area (Å²) in [5, 5.41) is 4.00. The van der Waals surface area contributed by atoms with Crippen molar-refractivity contribution < 1.29 is 4.74 Å². The minimum atomic E-state index is 0.622. The molecule has 0 saturated heterocycles. The van der Waals surface area contributed by atoms with Gasteiger partial charge in [0.15, 0.2) is 0 Å². The van der Waals surface area contributed by atoms with Gasteiger partial charge in [-0.15, -0.1) is 0 Å². The summed E-state index contributed by atoms with van der Waals surface area (Å²) >= 11 is 1.37. The second-order valence-electron chi connectivity index (χ2n) is 3.79. The van der Waals surface area contributed by atoms with Crippen LogP contribution in [0.2, 0.25) is 0 Å². The van der Waals surface area contributed by atoms with Gasteiger partial charge < -0.3 is 10.1 Å². The Bertz CT molecular complexity index is 299. The van der Waals surface area contributed by atoms with Gasteiger partial charge in [0.25, 0.3) is 5.19 Å². The highest BCUT2D eigenvalue weighted by Gasteiger charge is 2.27. The molecule has 0 radical (unpaired) electrons. The van der Waals surface area contributed by atoms with Crippen molar-refractivity contribution in [1.29, 1.82) is 0 Å². The summed E-state index contributed by atoms with van der Waals surface area (Å²) in [5.41, 5.74) is 0. The Morgan fingerprint density at radius 3 is 3.07 bits per heavy atom. The van der Waals surface area contributed by atoms with Gasteiger partial charge in [0.2, 0.25) is 0 Å². The van der Waals surface area contributed by atoms with Gasteiger partial charge in [-0.05, 0) is 25.8 Å². The SMILES string of the molecule is CCCNCCOc1nc(C2CC2)ns1. The number of ether oxygens (including phenoxy) is 1. The standard InChI is InChI=1S/C10H17N3OS/c1-2-5-11-6-7-14-10-12-9(13-15-10)8-3-4-8/h8,11H,2-7H2,1H3.